The molecule has 1 fully saturated rings. The minimum absolute atomic E-state index is 0.0111. The first-order valence-electron chi connectivity index (χ1n) is 9.66. The first kappa shape index (κ1) is 21.0. The van der Waals surface area contributed by atoms with Crippen LogP contribution in [-0.4, -0.2) is 45.7 Å². The number of halogens is 2. The average molecular weight is 404 g/mol. The number of hydrogen-bond donors (Lipinski definition) is 1. The molecule has 0 radical (unpaired) electrons. The van der Waals surface area contributed by atoms with Crippen LogP contribution in [0.3, 0.4) is 0 Å². The van der Waals surface area contributed by atoms with Crippen molar-refractivity contribution in [2.45, 2.75) is 52.2 Å². The van der Waals surface area contributed by atoms with Crippen LogP contribution in [0.4, 0.5) is 19.5 Å². The largest absolute Gasteiger partial charge is 0.444 e. The van der Waals surface area contributed by atoms with Gasteiger partial charge in [0.2, 0.25) is 5.95 Å². The van der Waals surface area contributed by atoms with Gasteiger partial charge in [-0.1, -0.05) is 0 Å². The lowest BCUT2D eigenvalue weighted by Gasteiger charge is -2.28. The number of rotatable bonds is 4. The highest BCUT2D eigenvalue weighted by molar-refractivity contribution is 5.69. The Kier molecular flexibility index (Phi) is 6.00. The summed E-state index contributed by atoms with van der Waals surface area (Å²) in [5.41, 5.74) is 0.790. The molecule has 6 nitrogen and oxygen atoms in total. The van der Waals surface area contributed by atoms with E-state index in [1.807, 2.05) is 20.8 Å². The zero-order valence-electron chi connectivity index (χ0n) is 17.1. The second kappa shape index (κ2) is 8.31. The zero-order chi connectivity index (χ0) is 21.2. The van der Waals surface area contributed by atoms with E-state index in [4.69, 9.17) is 4.74 Å². The Bertz CT molecular complexity index is 899. The van der Waals surface area contributed by atoms with Gasteiger partial charge < -0.3 is 15.0 Å². The second-order valence-corrected chi connectivity index (χ2v) is 8.17. The van der Waals surface area contributed by atoms with Crippen molar-refractivity contribution in [1.29, 1.82) is 0 Å². The Labute approximate surface area is 169 Å². The minimum Gasteiger partial charge on any atom is -0.444 e. The number of carbonyl (C=O) groups is 1. The van der Waals surface area contributed by atoms with Crippen LogP contribution in [0.15, 0.2) is 24.4 Å². The molecule has 2 aromatic rings. The van der Waals surface area contributed by atoms with Crippen LogP contribution in [0, 0.1) is 18.6 Å². The summed E-state index contributed by atoms with van der Waals surface area (Å²) >= 11 is 0. The fourth-order valence-electron chi connectivity index (χ4n) is 3.34. The topological polar surface area (TPSA) is 67.4 Å². The quantitative estimate of drug-likeness (QED) is 0.810. The van der Waals surface area contributed by atoms with Crippen molar-refractivity contribution in [2.24, 2.45) is 0 Å². The number of anilines is 1. The number of aromatic nitrogens is 2. The van der Waals surface area contributed by atoms with E-state index in [2.05, 4.69) is 15.3 Å². The van der Waals surface area contributed by atoms with Gasteiger partial charge in [-0.25, -0.2) is 23.5 Å². The Hall–Kier alpha value is -2.77. The summed E-state index contributed by atoms with van der Waals surface area (Å²) in [4.78, 5) is 22.7. The SMILES string of the molecule is Cc1nc(NC[C@@H]2CCCN2C(=O)OC(C)(C)C)ncc1-c1ccc(F)cc1F. The molecule has 1 amide bonds. The highest BCUT2D eigenvalue weighted by atomic mass is 19.1. The van der Waals surface area contributed by atoms with E-state index in [1.165, 1.54) is 18.3 Å². The van der Waals surface area contributed by atoms with E-state index in [0.29, 0.717) is 30.3 Å². The number of benzene rings is 1. The zero-order valence-corrected chi connectivity index (χ0v) is 17.1. The predicted molar refractivity (Wildman–Crippen MR) is 107 cm³/mol. The van der Waals surface area contributed by atoms with Crippen molar-refractivity contribution in [3.8, 4) is 11.1 Å². The standard InChI is InChI=1S/C21H26F2N4O2/c1-13-17(16-8-7-14(22)10-18(16)23)12-25-19(26-13)24-11-15-6-5-9-27(15)20(28)29-21(2,3)4/h7-8,10,12,15H,5-6,9,11H2,1-4H3,(H,24,25,26)/t15-/m0/s1. The number of nitrogens with one attached hydrogen (secondary N) is 1. The fraction of sp³-hybridized carbons (Fsp3) is 0.476. The van der Waals surface area contributed by atoms with Gasteiger partial charge in [0.1, 0.15) is 17.2 Å². The lowest BCUT2D eigenvalue weighted by Crippen LogP contribution is -2.42. The molecular weight excluding hydrogens is 378 g/mol. The van der Waals surface area contributed by atoms with Gasteiger partial charge in [-0.15, -0.1) is 0 Å². The Morgan fingerprint density at radius 2 is 2.07 bits per heavy atom. The first-order valence-corrected chi connectivity index (χ1v) is 9.66. The van der Waals surface area contributed by atoms with Crippen molar-refractivity contribution in [2.75, 3.05) is 18.4 Å². The summed E-state index contributed by atoms with van der Waals surface area (Å²) in [5.74, 6) is -0.893. The summed E-state index contributed by atoms with van der Waals surface area (Å²) in [6, 6.07) is 3.41. The fourth-order valence-corrected chi connectivity index (χ4v) is 3.34. The molecule has 29 heavy (non-hydrogen) atoms. The molecule has 0 saturated carbocycles. The van der Waals surface area contributed by atoms with E-state index >= 15 is 0 Å². The lowest BCUT2D eigenvalue weighted by molar-refractivity contribution is 0.0235. The highest BCUT2D eigenvalue weighted by Gasteiger charge is 2.32. The van der Waals surface area contributed by atoms with Gasteiger partial charge in [-0.3, -0.25) is 0 Å². The van der Waals surface area contributed by atoms with Crippen LogP contribution in [0.2, 0.25) is 0 Å². The highest BCUT2D eigenvalue weighted by Crippen LogP contribution is 2.26. The maximum absolute atomic E-state index is 14.0. The van der Waals surface area contributed by atoms with E-state index in [9.17, 15) is 13.6 Å². The molecule has 1 atom stereocenters. The summed E-state index contributed by atoms with van der Waals surface area (Å²) in [6.45, 7) is 8.42. The van der Waals surface area contributed by atoms with Crippen LogP contribution in [0.25, 0.3) is 11.1 Å². The van der Waals surface area contributed by atoms with E-state index in [-0.39, 0.29) is 17.7 Å². The molecule has 1 saturated heterocycles. The maximum Gasteiger partial charge on any atom is 0.410 e. The van der Waals surface area contributed by atoms with Gasteiger partial charge in [0.05, 0.1) is 11.7 Å². The van der Waals surface area contributed by atoms with Crippen molar-refractivity contribution < 1.29 is 18.3 Å². The number of aryl methyl sites for hydroxylation is 1. The van der Waals surface area contributed by atoms with E-state index in [1.54, 1.807) is 11.8 Å². The van der Waals surface area contributed by atoms with Gasteiger partial charge in [0, 0.05) is 36.5 Å². The molecule has 1 aromatic carbocycles. The summed E-state index contributed by atoms with van der Waals surface area (Å²) < 4.78 is 32.7. The molecule has 8 heteroatoms. The minimum atomic E-state index is -0.656. The molecule has 0 unspecified atom stereocenters. The number of nitrogens with zero attached hydrogens (tertiary/aromatic N) is 3. The third kappa shape index (κ3) is 5.19. The molecule has 3 rings (SSSR count). The number of carbonyl (C=O) groups excluding carboxylic acids is 1. The number of amides is 1. The first-order chi connectivity index (χ1) is 13.6. The number of ether oxygens (including phenoxy) is 1. The van der Waals surface area contributed by atoms with E-state index in [0.717, 1.165) is 18.9 Å². The average Bonchev–Trinajstić information content (AvgIpc) is 3.08. The molecule has 156 valence electrons. The van der Waals surface area contributed by atoms with Crippen molar-refractivity contribution in [1.82, 2.24) is 14.9 Å². The molecule has 1 aromatic heterocycles. The van der Waals surface area contributed by atoms with Gasteiger partial charge in [-0.05, 0) is 52.7 Å². The summed E-state index contributed by atoms with van der Waals surface area (Å²) in [6.07, 6.45) is 2.97. The van der Waals surface area contributed by atoms with Crippen molar-refractivity contribution in [3.63, 3.8) is 0 Å². The molecular formula is C21H26F2N4O2. The molecule has 1 aliphatic heterocycles. The van der Waals surface area contributed by atoms with Crippen molar-refractivity contribution >= 4 is 12.0 Å². The molecule has 2 heterocycles. The summed E-state index contributed by atoms with van der Waals surface area (Å²) in [7, 11) is 0. The summed E-state index contributed by atoms with van der Waals surface area (Å²) in [5, 5.41) is 3.15. The lowest BCUT2D eigenvalue weighted by atomic mass is 10.1. The maximum atomic E-state index is 14.0. The third-order valence-electron chi connectivity index (χ3n) is 4.70. The van der Waals surface area contributed by atoms with Gasteiger partial charge in [0.25, 0.3) is 0 Å². The Balaban J connectivity index is 1.66. The van der Waals surface area contributed by atoms with Crippen LogP contribution >= 0.6 is 0 Å². The Morgan fingerprint density at radius 3 is 2.72 bits per heavy atom. The molecule has 0 spiro atoms. The monoisotopic (exact) mass is 404 g/mol. The van der Waals surface area contributed by atoms with Crippen molar-refractivity contribution in [3.05, 3.63) is 41.7 Å². The molecule has 1 aliphatic rings. The molecule has 1 N–H and O–H groups in total. The van der Waals surface area contributed by atoms with Gasteiger partial charge in [-0.2, -0.15) is 0 Å². The normalized spacial score (nSPS) is 16.8. The van der Waals surface area contributed by atoms with Gasteiger partial charge >= 0.3 is 6.09 Å². The van der Waals surface area contributed by atoms with Crippen LogP contribution in [0.1, 0.15) is 39.3 Å². The number of likely N-dealkylation sites (tertiary alicyclic amines) is 1. The smallest absolute Gasteiger partial charge is 0.410 e. The van der Waals surface area contributed by atoms with Gasteiger partial charge in [0.15, 0.2) is 0 Å². The number of hydrogen-bond acceptors (Lipinski definition) is 5. The van der Waals surface area contributed by atoms with Crippen LogP contribution < -0.4 is 5.32 Å². The Morgan fingerprint density at radius 1 is 1.31 bits per heavy atom. The van der Waals surface area contributed by atoms with Crippen LogP contribution in [-0.2, 0) is 4.74 Å². The van der Waals surface area contributed by atoms with Crippen LogP contribution in [0.5, 0.6) is 0 Å². The molecule has 0 bridgehead atoms. The predicted octanol–water partition coefficient (Wildman–Crippen LogP) is 4.54. The second-order valence-electron chi connectivity index (χ2n) is 8.17. The third-order valence-corrected chi connectivity index (χ3v) is 4.70. The molecule has 0 aliphatic carbocycles. The van der Waals surface area contributed by atoms with E-state index < -0.39 is 17.2 Å².